The largest absolute Gasteiger partial charge is 0.482 e. The Hall–Kier alpha value is -4.64. The smallest absolute Gasteiger partial charge is 0.349 e. The molecule has 0 saturated heterocycles. The first-order valence-corrected chi connectivity index (χ1v) is 10.8. The molecule has 166 valence electrons. The Kier molecular flexibility index (Phi) is 5.91. The third-order valence-corrected chi connectivity index (χ3v) is 5.37. The Morgan fingerprint density at radius 2 is 1.09 bits per heavy atom. The number of esters is 2. The van der Waals surface area contributed by atoms with Gasteiger partial charge in [-0.05, 0) is 47.2 Å². The molecule has 0 saturated carbocycles. The summed E-state index contributed by atoms with van der Waals surface area (Å²) in [5.41, 5.74) is 0.374. The lowest BCUT2D eigenvalue weighted by atomic mass is 10.1. The third kappa shape index (κ3) is 4.59. The second kappa shape index (κ2) is 9.46. The zero-order valence-electron chi connectivity index (χ0n) is 18.1. The van der Waals surface area contributed by atoms with E-state index in [-0.39, 0.29) is 6.61 Å². The average Bonchev–Trinajstić information content (AvgIpc) is 2.88. The topological polar surface area (TPSA) is 61.8 Å². The molecule has 0 fully saturated rings. The molecule has 0 radical (unpaired) electrons. The highest BCUT2D eigenvalue weighted by Gasteiger charge is 2.12. The Morgan fingerprint density at radius 1 is 0.559 bits per heavy atom. The molecule has 0 aliphatic carbocycles. The summed E-state index contributed by atoms with van der Waals surface area (Å²) in [7, 11) is 0. The van der Waals surface area contributed by atoms with Gasteiger partial charge in [-0.15, -0.1) is 0 Å². The number of fused-ring (bicyclic) bond motifs is 2. The highest BCUT2D eigenvalue weighted by molar-refractivity contribution is 5.95. The monoisotopic (exact) mass is 448 g/mol. The SMILES string of the molecule is O=C(COc1ccc(C(=O)Oc2cccc3ccccc23)cc1)Oc1cccc2ccccc12. The number of carbonyl (C=O) groups excluding carboxylic acids is 2. The number of hydrogen-bond donors (Lipinski definition) is 0. The first-order valence-electron chi connectivity index (χ1n) is 10.8. The molecule has 0 spiro atoms. The summed E-state index contributed by atoms with van der Waals surface area (Å²) in [5, 5.41) is 3.70. The van der Waals surface area contributed by atoms with E-state index in [9.17, 15) is 9.59 Å². The zero-order chi connectivity index (χ0) is 23.3. The molecule has 0 atom stereocenters. The molecule has 34 heavy (non-hydrogen) atoms. The number of rotatable bonds is 6. The van der Waals surface area contributed by atoms with Crippen molar-refractivity contribution in [1.29, 1.82) is 0 Å². The van der Waals surface area contributed by atoms with E-state index in [4.69, 9.17) is 14.2 Å². The van der Waals surface area contributed by atoms with Crippen molar-refractivity contribution in [1.82, 2.24) is 0 Å². The Balaban J connectivity index is 1.20. The molecule has 0 amide bonds. The highest BCUT2D eigenvalue weighted by Crippen LogP contribution is 2.27. The van der Waals surface area contributed by atoms with E-state index in [0.717, 1.165) is 21.5 Å². The summed E-state index contributed by atoms with van der Waals surface area (Å²) in [6, 6.07) is 32.9. The second-order valence-corrected chi connectivity index (χ2v) is 7.63. The predicted octanol–water partition coefficient (Wildman–Crippen LogP) is 6.20. The molecule has 0 bridgehead atoms. The first-order chi connectivity index (χ1) is 16.7. The van der Waals surface area contributed by atoms with Gasteiger partial charge in [0.05, 0.1) is 5.56 Å². The Bertz CT molecular complexity index is 1480. The van der Waals surface area contributed by atoms with Gasteiger partial charge >= 0.3 is 11.9 Å². The summed E-state index contributed by atoms with van der Waals surface area (Å²) in [6.45, 7) is -0.261. The van der Waals surface area contributed by atoms with Crippen molar-refractivity contribution >= 4 is 33.5 Å². The van der Waals surface area contributed by atoms with Gasteiger partial charge in [-0.25, -0.2) is 9.59 Å². The maximum atomic E-state index is 12.6. The van der Waals surface area contributed by atoms with Crippen molar-refractivity contribution in [3.8, 4) is 17.2 Å². The van der Waals surface area contributed by atoms with E-state index in [0.29, 0.717) is 22.8 Å². The second-order valence-electron chi connectivity index (χ2n) is 7.63. The number of ether oxygens (including phenoxy) is 3. The van der Waals surface area contributed by atoms with Gasteiger partial charge in [0.1, 0.15) is 17.2 Å². The van der Waals surface area contributed by atoms with Gasteiger partial charge < -0.3 is 14.2 Å². The molecule has 5 rings (SSSR count). The molecule has 0 N–H and O–H groups in total. The zero-order valence-corrected chi connectivity index (χ0v) is 18.1. The molecule has 0 unspecified atom stereocenters. The van der Waals surface area contributed by atoms with Crippen molar-refractivity contribution in [3.05, 3.63) is 115 Å². The molecule has 5 aromatic rings. The quantitative estimate of drug-likeness (QED) is 0.229. The van der Waals surface area contributed by atoms with Crippen molar-refractivity contribution in [2.45, 2.75) is 0 Å². The number of hydrogen-bond acceptors (Lipinski definition) is 5. The van der Waals surface area contributed by atoms with Crippen LogP contribution in [0.25, 0.3) is 21.5 Å². The van der Waals surface area contributed by atoms with Crippen LogP contribution in [0.2, 0.25) is 0 Å². The minimum absolute atomic E-state index is 0.261. The van der Waals surface area contributed by atoms with Gasteiger partial charge in [0, 0.05) is 10.8 Å². The molecular weight excluding hydrogens is 428 g/mol. The van der Waals surface area contributed by atoms with Gasteiger partial charge in [0.25, 0.3) is 0 Å². The average molecular weight is 448 g/mol. The minimum atomic E-state index is -0.518. The van der Waals surface area contributed by atoms with E-state index in [1.54, 1.807) is 36.4 Å². The van der Waals surface area contributed by atoms with Gasteiger partial charge in [-0.3, -0.25) is 0 Å². The van der Waals surface area contributed by atoms with Crippen LogP contribution in [0.15, 0.2) is 109 Å². The van der Waals surface area contributed by atoms with Crippen LogP contribution in [0, 0.1) is 0 Å². The van der Waals surface area contributed by atoms with Crippen LogP contribution in [-0.2, 0) is 4.79 Å². The van der Waals surface area contributed by atoms with E-state index < -0.39 is 11.9 Å². The normalized spacial score (nSPS) is 10.7. The van der Waals surface area contributed by atoms with Gasteiger partial charge in [0.2, 0.25) is 0 Å². The lowest BCUT2D eigenvalue weighted by Gasteiger charge is -2.10. The van der Waals surface area contributed by atoms with Crippen LogP contribution in [0.4, 0.5) is 0 Å². The lowest BCUT2D eigenvalue weighted by Crippen LogP contribution is -2.18. The molecule has 5 aromatic carbocycles. The van der Waals surface area contributed by atoms with E-state index in [1.807, 2.05) is 72.8 Å². The molecule has 0 heterocycles. The maximum absolute atomic E-state index is 12.6. The Labute approximate surface area is 196 Å². The van der Waals surface area contributed by atoms with Crippen LogP contribution in [0.3, 0.4) is 0 Å². The van der Waals surface area contributed by atoms with Gasteiger partial charge in [-0.2, -0.15) is 0 Å². The summed E-state index contributed by atoms with van der Waals surface area (Å²) in [5.74, 6) is 0.434. The van der Waals surface area contributed by atoms with Gasteiger partial charge in [-0.1, -0.05) is 72.8 Å². The van der Waals surface area contributed by atoms with Crippen LogP contribution in [0.1, 0.15) is 10.4 Å². The molecule has 0 aliphatic heterocycles. The summed E-state index contributed by atoms with van der Waals surface area (Å²) in [4.78, 5) is 24.9. The fourth-order valence-corrected chi connectivity index (χ4v) is 3.71. The molecule has 5 nitrogen and oxygen atoms in total. The fraction of sp³-hybridized carbons (Fsp3) is 0.0345. The van der Waals surface area contributed by atoms with E-state index in [2.05, 4.69) is 0 Å². The van der Waals surface area contributed by atoms with Crippen LogP contribution in [0.5, 0.6) is 17.2 Å². The third-order valence-electron chi connectivity index (χ3n) is 5.37. The van der Waals surface area contributed by atoms with Crippen molar-refractivity contribution in [2.24, 2.45) is 0 Å². The highest BCUT2D eigenvalue weighted by atomic mass is 16.6. The molecule has 5 heteroatoms. The molecule has 0 aliphatic rings. The maximum Gasteiger partial charge on any atom is 0.349 e. The van der Waals surface area contributed by atoms with Crippen molar-refractivity contribution in [2.75, 3.05) is 6.61 Å². The molecule has 0 aromatic heterocycles. The van der Waals surface area contributed by atoms with Crippen molar-refractivity contribution < 1.29 is 23.8 Å². The number of carbonyl (C=O) groups is 2. The predicted molar refractivity (Wildman–Crippen MR) is 130 cm³/mol. The number of benzene rings is 5. The lowest BCUT2D eigenvalue weighted by molar-refractivity contribution is -0.136. The van der Waals surface area contributed by atoms with E-state index >= 15 is 0 Å². The first kappa shape index (κ1) is 21.2. The summed E-state index contributed by atoms with van der Waals surface area (Å²) >= 11 is 0. The van der Waals surface area contributed by atoms with E-state index in [1.165, 1.54) is 0 Å². The summed E-state index contributed by atoms with van der Waals surface area (Å²) in [6.07, 6.45) is 0. The minimum Gasteiger partial charge on any atom is -0.482 e. The van der Waals surface area contributed by atoms with Crippen LogP contribution >= 0.6 is 0 Å². The fourth-order valence-electron chi connectivity index (χ4n) is 3.71. The van der Waals surface area contributed by atoms with Gasteiger partial charge in [0.15, 0.2) is 6.61 Å². The van der Waals surface area contributed by atoms with Crippen LogP contribution < -0.4 is 14.2 Å². The summed E-state index contributed by atoms with van der Waals surface area (Å²) < 4.78 is 16.6. The standard InChI is InChI=1S/C29H20O5/c30-28(33-26-13-5-9-20-7-1-3-11-24(20)26)19-32-23-17-15-22(16-18-23)29(31)34-27-14-6-10-21-8-2-4-12-25(21)27/h1-18H,19H2. The Morgan fingerprint density at radius 3 is 1.71 bits per heavy atom. The van der Waals surface area contributed by atoms with Crippen LogP contribution in [-0.4, -0.2) is 18.5 Å². The van der Waals surface area contributed by atoms with Crippen molar-refractivity contribution in [3.63, 3.8) is 0 Å². The molecular formula is C29H20O5.